The van der Waals surface area contributed by atoms with Crippen molar-refractivity contribution in [1.82, 2.24) is 10.6 Å². The van der Waals surface area contributed by atoms with Crippen molar-refractivity contribution < 1.29 is 28.2 Å². The standard InChI is InChI=1S/C19H24ClFN2O5/c1-12(5-6-22-18(24)10-28-15-7-14(8-15)26-2)23-19(25)11-27-13-3-4-16(20)17(21)9-13/h3-4,9,14-15H,1,5-8,10-11H2,2H3,(H,22,24)(H,23,25)/t14-,15+. The van der Waals surface area contributed by atoms with Gasteiger partial charge in [0.05, 0.1) is 17.2 Å². The predicted molar refractivity (Wildman–Crippen MR) is 102 cm³/mol. The van der Waals surface area contributed by atoms with Gasteiger partial charge in [0, 0.05) is 31.8 Å². The van der Waals surface area contributed by atoms with Crippen LogP contribution in [0.25, 0.3) is 0 Å². The summed E-state index contributed by atoms with van der Waals surface area (Å²) in [6.45, 7) is 3.73. The average molecular weight is 415 g/mol. The lowest BCUT2D eigenvalue weighted by Crippen LogP contribution is -2.39. The number of benzene rings is 1. The average Bonchev–Trinajstić information content (AvgIpc) is 2.61. The number of rotatable bonds is 11. The Bertz CT molecular complexity index is 710. The third-order valence-electron chi connectivity index (χ3n) is 4.16. The Morgan fingerprint density at radius 3 is 2.68 bits per heavy atom. The first-order valence-electron chi connectivity index (χ1n) is 8.84. The van der Waals surface area contributed by atoms with Crippen molar-refractivity contribution in [3.63, 3.8) is 0 Å². The second kappa shape index (κ2) is 11.0. The summed E-state index contributed by atoms with van der Waals surface area (Å²) >= 11 is 5.58. The van der Waals surface area contributed by atoms with E-state index in [0.29, 0.717) is 18.7 Å². The Balaban J connectivity index is 1.54. The molecule has 1 saturated carbocycles. The van der Waals surface area contributed by atoms with Crippen molar-refractivity contribution in [2.75, 3.05) is 26.9 Å². The zero-order valence-corrected chi connectivity index (χ0v) is 16.4. The van der Waals surface area contributed by atoms with Gasteiger partial charge in [-0.2, -0.15) is 0 Å². The van der Waals surface area contributed by atoms with E-state index in [4.69, 9.17) is 25.8 Å². The number of amides is 2. The molecule has 0 unspecified atom stereocenters. The smallest absolute Gasteiger partial charge is 0.262 e. The summed E-state index contributed by atoms with van der Waals surface area (Å²) in [4.78, 5) is 23.5. The highest BCUT2D eigenvalue weighted by Crippen LogP contribution is 2.25. The van der Waals surface area contributed by atoms with Crippen LogP contribution in [0.15, 0.2) is 30.5 Å². The summed E-state index contributed by atoms with van der Waals surface area (Å²) < 4.78 is 29.1. The van der Waals surface area contributed by atoms with Gasteiger partial charge in [-0.1, -0.05) is 18.2 Å². The Labute approximate surface area is 168 Å². The van der Waals surface area contributed by atoms with Crippen LogP contribution < -0.4 is 15.4 Å². The van der Waals surface area contributed by atoms with Crippen LogP contribution in [0.1, 0.15) is 19.3 Å². The largest absolute Gasteiger partial charge is 0.484 e. The number of carbonyl (C=O) groups excluding carboxylic acids is 2. The van der Waals surface area contributed by atoms with Crippen LogP contribution in [0, 0.1) is 5.82 Å². The zero-order chi connectivity index (χ0) is 20.5. The van der Waals surface area contributed by atoms with Crippen molar-refractivity contribution in [3.8, 4) is 5.75 Å². The van der Waals surface area contributed by atoms with Crippen LogP contribution in [0.3, 0.4) is 0 Å². The first-order valence-corrected chi connectivity index (χ1v) is 9.21. The van der Waals surface area contributed by atoms with E-state index in [0.717, 1.165) is 18.9 Å². The molecule has 28 heavy (non-hydrogen) atoms. The van der Waals surface area contributed by atoms with Gasteiger partial charge in [-0.25, -0.2) is 4.39 Å². The number of halogens is 2. The van der Waals surface area contributed by atoms with Crippen molar-refractivity contribution in [2.24, 2.45) is 0 Å². The van der Waals surface area contributed by atoms with Gasteiger partial charge < -0.3 is 24.8 Å². The first-order chi connectivity index (χ1) is 13.4. The minimum absolute atomic E-state index is 0.00850. The number of carbonyl (C=O) groups is 2. The number of ether oxygens (including phenoxy) is 3. The Morgan fingerprint density at radius 1 is 1.25 bits per heavy atom. The summed E-state index contributed by atoms with van der Waals surface area (Å²) in [6.07, 6.45) is 2.26. The van der Waals surface area contributed by atoms with E-state index in [2.05, 4.69) is 17.2 Å². The molecule has 0 spiro atoms. The van der Waals surface area contributed by atoms with E-state index in [1.165, 1.54) is 12.1 Å². The lowest BCUT2D eigenvalue weighted by Gasteiger charge is -2.33. The molecule has 7 nitrogen and oxygen atoms in total. The van der Waals surface area contributed by atoms with Crippen LogP contribution >= 0.6 is 11.6 Å². The minimum atomic E-state index is -0.625. The fraction of sp³-hybridized carbons (Fsp3) is 0.474. The molecule has 0 atom stereocenters. The van der Waals surface area contributed by atoms with Gasteiger partial charge in [0.1, 0.15) is 18.2 Å². The van der Waals surface area contributed by atoms with Gasteiger partial charge in [0.2, 0.25) is 5.91 Å². The Hall–Kier alpha value is -2.16. The highest BCUT2D eigenvalue weighted by atomic mass is 35.5. The minimum Gasteiger partial charge on any atom is -0.484 e. The van der Waals surface area contributed by atoms with Gasteiger partial charge >= 0.3 is 0 Å². The second-order valence-corrected chi connectivity index (χ2v) is 6.79. The SMILES string of the molecule is C=C(CCNC(=O)CO[C@H]1C[C@@H](OC)C1)NC(=O)COc1ccc(Cl)c(F)c1. The molecule has 0 aromatic heterocycles. The molecule has 1 aliphatic rings. The normalized spacial score (nSPS) is 18.1. The molecular formula is C19H24ClFN2O5. The van der Waals surface area contributed by atoms with Gasteiger partial charge in [-0.3, -0.25) is 9.59 Å². The fourth-order valence-corrected chi connectivity index (χ4v) is 2.57. The van der Waals surface area contributed by atoms with E-state index < -0.39 is 11.7 Å². The van der Waals surface area contributed by atoms with Crippen LogP contribution in [-0.2, 0) is 19.1 Å². The predicted octanol–water partition coefficient (Wildman–Crippen LogP) is 2.19. The summed E-state index contributed by atoms with van der Waals surface area (Å²) in [6, 6.07) is 3.90. The summed E-state index contributed by atoms with van der Waals surface area (Å²) in [5, 5.41) is 5.22. The molecule has 9 heteroatoms. The Morgan fingerprint density at radius 2 is 2.00 bits per heavy atom. The van der Waals surface area contributed by atoms with E-state index in [-0.39, 0.29) is 42.1 Å². The highest BCUT2D eigenvalue weighted by molar-refractivity contribution is 6.30. The second-order valence-electron chi connectivity index (χ2n) is 6.38. The van der Waals surface area contributed by atoms with Gasteiger partial charge in [-0.05, 0) is 25.0 Å². The van der Waals surface area contributed by atoms with Crippen molar-refractivity contribution >= 4 is 23.4 Å². The molecule has 1 aromatic rings. The van der Waals surface area contributed by atoms with Gasteiger partial charge in [-0.15, -0.1) is 0 Å². The van der Waals surface area contributed by atoms with E-state index in [1.807, 2.05) is 0 Å². The summed E-state index contributed by atoms with van der Waals surface area (Å²) in [5.74, 6) is -1.10. The molecular weight excluding hydrogens is 391 g/mol. The summed E-state index contributed by atoms with van der Waals surface area (Å²) in [5.41, 5.74) is 0.430. The first kappa shape index (κ1) is 22.1. The van der Waals surface area contributed by atoms with Crippen LogP contribution in [0.4, 0.5) is 4.39 Å². The Kier molecular flexibility index (Phi) is 8.69. The molecule has 1 aromatic carbocycles. The van der Waals surface area contributed by atoms with Crippen LogP contribution in [0.5, 0.6) is 5.75 Å². The lowest BCUT2D eigenvalue weighted by atomic mass is 9.92. The third-order valence-corrected chi connectivity index (χ3v) is 4.47. The number of nitrogens with one attached hydrogen (secondary N) is 2. The lowest BCUT2D eigenvalue weighted by molar-refractivity contribution is -0.135. The molecule has 0 bridgehead atoms. The van der Waals surface area contributed by atoms with Crippen molar-refractivity contribution in [1.29, 1.82) is 0 Å². The maximum atomic E-state index is 13.3. The maximum Gasteiger partial charge on any atom is 0.262 e. The van der Waals surface area contributed by atoms with Gasteiger partial charge in [0.25, 0.3) is 5.91 Å². The van der Waals surface area contributed by atoms with Crippen molar-refractivity contribution in [3.05, 3.63) is 41.3 Å². The molecule has 0 radical (unpaired) electrons. The monoisotopic (exact) mass is 414 g/mol. The molecule has 1 fully saturated rings. The van der Waals surface area contributed by atoms with Crippen LogP contribution in [-0.4, -0.2) is 50.9 Å². The molecule has 2 amide bonds. The fourth-order valence-electron chi connectivity index (χ4n) is 2.45. The maximum absolute atomic E-state index is 13.3. The van der Waals surface area contributed by atoms with Crippen LogP contribution in [0.2, 0.25) is 5.02 Å². The zero-order valence-electron chi connectivity index (χ0n) is 15.6. The number of hydrogen-bond acceptors (Lipinski definition) is 5. The van der Waals surface area contributed by atoms with E-state index in [1.54, 1.807) is 7.11 Å². The van der Waals surface area contributed by atoms with Crippen molar-refractivity contribution in [2.45, 2.75) is 31.5 Å². The molecule has 0 aliphatic heterocycles. The van der Waals surface area contributed by atoms with E-state index >= 15 is 0 Å². The number of methoxy groups -OCH3 is 1. The molecule has 154 valence electrons. The van der Waals surface area contributed by atoms with E-state index in [9.17, 15) is 14.0 Å². The molecule has 0 heterocycles. The summed E-state index contributed by atoms with van der Waals surface area (Å²) in [7, 11) is 1.66. The quantitative estimate of drug-likeness (QED) is 0.579. The molecule has 2 rings (SSSR count). The molecule has 1 aliphatic carbocycles. The van der Waals surface area contributed by atoms with Gasteiger partial charge in [0.15, 0.2) is 6.61 Å². The molecule has 0 saturated heterocycles. The topological polar surface area (TPSA) is 85.9 Å². The third kappa shape index (κ3) is 7.46. The highest BCUT2D eigenvalue weighted by Gasteiger charge is 2.30. The number of hydrogen-bond donors (Lipinski definition) is 2. The molecule has 2 N–H and O–H groups in total.